The summed E-state index contributed by atoms with van der Waals surface area (Å²) in [5.74, 6) is -0.531. The number of urea groups is 1. The third-order valence-electron chi connectivity index (χ3n) is 4.66. The van der Waals surface area contributed by atoms with Crippen LogP contribution < -0.4 is 10.2 Å². The minimum atomic E-state index is -1.00. The lowest BCUT2D eigenvalue weighted by molar-refractivity contribution is 0.208. The highest BCUT2D eigenvalue weighted by molar-refractivity contribution is 5.89. The van der Waals surface area contributed by atoms with E-state index >= 15 is 0 Å². The molecule has 150 valence electrons. The Kier molecular flexibility index (Phi) is 5.07. The van der Waals surface area contributed by atoms with Crippen LogP contribution in [0.5, 0.6) is 0 Å². The van der Waals surface area contributed by atoms with Crippen LogP contribution in [0.2, 0.25) is 0 Å². The number of aryl methyl sites for hydroxylation is 1. The van der Waals surface area contributed by atoms with Gasteiger partial charge in [0.1, 0.15) is 12.1 Å². The Morgan fingerprint density at radius 2 is 1.76 bits per heavy atom. The number of carbonyl (C=O) groups excluding carboxylic acids is 1. The maximum Gasteiger partial charge on any atom is 0.321 e. The molecule has 0 saturated carbocycles. The summed E-state index contributed by atoms with van der Waals surface area (Å²) in [6, 6.07) is 6.66. The molecule has 1 aromatic carbocycles. The van der Waals surface area contributed by atoms with Crippen LogP contribution in [0.1, 0.15) is 5.69 Å². The Morgan fingerprint density at radius 1 is 1.00 bits per heavy atom. The lowest BCUT2D eigenvalue weighted by Gasteiger charge is -2.35. The predicted octanol–water partition coefficient (Wildman–Crippen LogP) is 2.60. The van der Waals surface area contributed by atoms with Crippen molar-refractivity contribution in [1.82, 2.24) is 24.6 Å². The third kappa shape index (κ3) is 4.15. The van der Waals surface area contributed by atoms with Crippen LogP contribution in [0, 0.1) is 18.6 Å². The van der Waals surface area contributed by atoms with E-state index in [1.165, 1.54) is 12.4 Å². The Morgan fingerprint density at radius 3 is 2.45 bits per heavy atom. The number of nitrogens with zero attached hydrogens (tertiary/aromatic N) is 6. The molecule has 4 rings (SSSR count). The molecule has 2 amide bonds. The molecule has 1 fully saturated rings. The van der Waals surface area contributed by atoms with Crippen LogP contribution in [0.3, 0.4) is 0 Å². The average molecular weight is 399 g/mol. The van der Waals surface area contributed by atoms with Crippen molar-refractivity contribution in [3.05, 3.63) is 60.2 Å². The molecule has 0 aliphatic carbocycles. The largest absolute Gasteiger partial charge is 0.353 e. The maximum atomic E-state index is 13.3. The van der Waals surface area contributed by atoms with E-state index in [0.717, 1.165) is 23.6 Å². The summed E-state index contributed by atoms with van der Waals surface area (Å²) >= 11 is 0. The van der Waals surface area contributed by atoms with E-state index in [2.05, 4.69) is 25.3 Å². The summed E-state index contributed by atoms with van der Waals surface area (Å²) in [4.78, 5) is 24.7. The molecule has 0 bridgehead atoms. The number of rotatable bonds is 3. The fourth-order valence-corrected chi connectivity index (χ4v) is 3.09. The van der Waals surface area contributed by atoms with Gasteiger partial charge in [-0.15, -0.1) is 0 Å². The summed E-state index contributed by atoms with van der Waals surface area (Å²) in [5.41, 5.74) is 1.11. The number of hydrogen-bond donors (Lipinski definition) is 1. The van der Waals surface area contributed by atoms with Crippen molar-refractivity contribution in [2.24, 2.45) is 0 Å². The Hall–Kier alpha value is -3.56. The predicted molar refractivity (Wildman–Crippen MR) is 103 cm³/mol. The number of carbonyl (C=O) groups is 1. The van der Waals surface area contributed by atoms with Crippen LogP contribution in [-0.4, -0.2) is 56.9 Å². The second kappa shape index (κ2) is 7.82. The molecule has 0 radical (unpaired) electrons. The van der Waals surface area contributed by atoms with Gasteiger partial charge in [0.2, 0.25) is 0 Å². The van der Waals surface area contributed by atoms with Crippen molar-refractivity contribution < 1.29 is 13.6 Å². The van der Waals surface area contributed by atoms with E-state index in [4.69, 9.17) is 0 Å². The zero-order chi connectivity index (χ0) is 20.4. The molecule has 2 aromatic heterocycles. The molecule has 10 heteroatoms. The zero-order valence-corrected chi connectivity index (χ0v) is 15.7. The topological polar surface area (TPSA) is 79.2 Å². The Balaban J connectivity index is 1.38. The summed E-state index contributed by atoms with van der Waals surface area (Å²) in [6.45, 7) is 4.01. The summed E-state index contributed by atoms with van der Waals surface area (Å²) in [6.07, 6.45) is 3.33. The minimum Gasteiger partial charge on any atom is -0.353 e. The quantitative estimate of drug-likeness (QED) is 0.733. The van der Waals surface area contributed by atoms with Crippen LogP contribution in [0.15, 0.2) is 42.9 Å². The van der Waals surface area contributed by atoms with E-state index in [0.29, 0.717) is 32.0 Å². The molecule has 0 atom stereocenters. The second-order valence-corrected chi connectivity index (χ2v) is 6.67. The van der Waals surface area contributed by atoms with Crippen LogP contribution in [-0.2, 0) is 0 Å². The highest BCUT2D eigenvalue weighted by atomic mass is 19.2. The lowest BCUT2D eigenvalue weighted by Crippen LogP contribution is -2.50. The van der Waals surface area contributed by atoms with Crippen molar-refractivity contribution in [2.45, 2.75) is 6.92 Å². The first-order chi connectivity index (χ1) is 14.0. The Labute approximate surface area is 165 Å². The number of piperazine rings is 1. The summed E-state index contributed by atoms with van der Waals surface area (Å²) in [5, 5.41) is 6.94. The number of amides is 2. The molecule has 3 heterocycles. The smallest absolute Gasteiger partial charge is 0.321 e. The van der Waals surface area contributed by atoms with E-state index in [1.54, 1.807) is 9.58 Å². The highest BCUT2D eigenvalue weighted by Crippen LogP contribution is 2.17. The molecule has 8 nitrogen and oxygen atoms in total. The van der Waals surface area contributed by atoms with E-state index in [9.17, 15) is 13.6 Å². The molecule has 3 aromatic rings. The van der Waals surface area contributed by atoms with Gasteiger partial charge in [0.25, 0.3) is 0 Å². The number of nitrogens with one attached hydrogen (secondary N) is 1. The van der Waals surface area contributed by atoms with Crippen molar-refractivity contribution >= 4 is 17.5 Å². The number of aromatic nitrogens is 4. The fraction of sp³-hybridized carbons (Fsp3) is 0.263. The molecular weight excluding hydrogens is 380 g/mol. The molecule has 0 unspecified atom stereocenters. The van der Waals surface area contributed by atoms with Gasteiger partial charge in [-0.3, -0.25) is 0 Å². The minimum absolute atomic E-state index is 0.214. The maximum absolute atomic E-state index is 13.3. The van der Waals surface area contributed by atoms with Gasteiger partial charge in [-0.1, -0.05) is 0 Å². The van der Waals surface area contributed by atoms with Gasteiger partial charge in [0.05, 0.1) is 5.69 Å². The van der Waals surface area contributed by atoms with Crippen LogP contribution in [0.4, 0.5) is 25.1 Å². The highest BCUT2D eigenvalue weighted by Gasteiger charge is 2.22. The van der Waals surface area contributed by atoms with Crippen LogP contribution in [0.25, 0.3) is 5.82 Å². The first-order valence-electron chi connectivity index (χ1n) is 9.10. The molecule has 1 N–H and O–H groups in total. The molecule has 0 spiro atoms. The Bertz CT molecular complexity index is 1030. The van der Waals surface area contributed by atoms with E-state index in [-0.39, 0.29) is 11.7 Å². The van der Waals surface area contributed by atoms with E-state index in [1.807, 2.05) is 25.3 Å². The molecule has 1 aliphatic rings. The van der Waals surface area contributed by atoms with Crippen molar-refractivity contribution in [2.75, 3.05) is 36.4 Å². The van der Waals surface area contributed by atoms with Gasteiger partial charge in [-0.25, -0.2) is 28.2 Å². The molecule has 1 saturated heterocycles. The number of hydrogen-bond acceptors (Lipinski definition) is 5. The van der Waals surface area contributed by atoms with E-state index < -0.39 is 11.6 Å². The summed E-state index contributed by atoms with van der Waals surface area (Å²) in [7, 11) is 0. The third-order valence-corrected chi connectivity index (χ3v) is 4.66. The number of anilines is 2. The summed E-state index contributed by atoms with van der Waals surface area (Å²) < 4.78 is 28.0. The second-order valence-electron chi connectivity index (χ2n) is 6.67. The van der Waals surface area contributed by atoms with Crippen molar-refractivity contribution in [3.63, 3.8) is 0 Å². The van der Waals surface area contributed by atoms with Crippen molar-refractivity contribution in [1.29, 1.82) is 0 Å². The fourth-order valence-electron chi connectivity index (χ4n) is 3.09. The van der Waals surface area contributed by atoms with Gasteiger partial charge in [0.15, 0.2) is 17.5 Å². The number of halogens is 2. The monoisotopic (exact) mass is 399 g/mol. The average Bonchev–Trinajstić information content (AvgIpc) is 3.17. The van der Waals surface area contributed by atoms with Gasteiger partial charge in [0, 0.05) is 50.2 Å². The van der Waals surface area contributed by atoms with Gasteiger partial charge < -0.3 is 15.1 Å². The molecular formula is C19H19F2N7O. The molecule has 29 heavy (non-hydrogen) atoms. The first-order valence-corrected chi connectivity index (χ1v) is 9.10. The number of benzene rings is 1. The van der Waals surface area contributed by atoms with Gasteiger partial charge in [-0.2, -0.15) is 5.10 Å². The zero-order valence-electron chi connectivity index (χ0n) is 15.7. The standard InChI is InChI=1S/C19H19F2N7O/c1-13-4-5-28(25-13)18-11-17(22-12-23-18)26-6-8-27(9-7-26)19(29)24-14-2-3-15(20)16(21)10-14/h2-5,10-12H,6-9H2,1H3,(H,24,29). The van der Waals surface area contributed by atoms with Gasteiger partial charge >= 0.3 is 6.03 Å². The first kappa shape index (κ1) is 18.8. The normalized spacial score (nSPS) is 14.2. The van der Waals surface area contributed by atoms with Crippen molar-refractivity contribution in [3.8, 4) is 5.82 Å². The van der Waals surface area contributed by atoms with Gasteiger partial charge in [-0.05, 0) is 25.1 Å². The van der Waals surface area contributed by atoms with Crippen LogP contribution >= 0.6 is 0 Å². The molecule has 1 aliphatic heterocycles. The SMILES string of the molecule is Cc1ccn(-c2cc(N3CCN(C(=O)Nc4ccc(F)c(F)c4)CC3)ncn2)n1. The lowest BCUT2D eigenvalue weighted by atomic mass is 10.3.